The van der Waals surface area contributed by atoms with Crippen LogP contribution in [-0.2, 0) is 6.54 Å². The molecule has 1 amide bonds. The van der Waals surface area contributed by atoms with Crippen LogP contribution in [-0.4, -0.2) is 15.9 Å². The number of aromatic nitrogens is 2. The molecule has 0 unspecified atom stereocenters. The van der Waals surface area contributed by atoms with Gasteiger partial charge < -0.3 is 11.1 Å². The van der Waals surface area contributed by atoms with E-state index in [1.165, 1.54) is 6.20 Å². The molecule has 0 fully saturated rings. The lowest BCUT2D eigenvalue weighted by molar-refractivity contribution is 0.0947. The molecule has 0 saturated heterocycles. The lowest BCUT2D eigenvalue weighted by atomic mass is 10.2. The van der Waals surface area contributed by atoms with Crippen molar-refractivity contribution in [2.24, 2.45) is 0 Å². The van der Waals surface area contributed by atoms with Crippen LogP contribution >= 0.6 is 0 Å². The van der Waals surface area contributed by atoms with Crippen LogP contribution in [0, 0.1) is 0 Å². The van der Waals surface area contributed by atoms with E-state index >= 15 is 0 Å². The number of carbonyl (C=O) groups excluding carboxylic acids is 1. The fourth-order valence-electron chi connectivity index (χ4n) is 1.38. The zero-order chi connectivity index (χ0) is 12.1. The number of carbonyl (C=O) groups is 1. The molecule has 0 saturated carbocycles. The first-order valence-corrected chi connectivity index (χ1v) is 5.15. The van der Waals surface area contributed by atoms with Crippen molar-refractivity contribution >= 4 is 11.6 Å². The molecule has 0 aromatic carbocycles. The van der Waals surface area contributed by atoms with Gasteiger partial charge >= 0.3 is 0 Å². The molecule has 0 atom stereocenters. The first kappa shape index (κ1) is 11.1. The maximum Gasteiger partial charge on any atom is 0.272 e. The normalized spacial score (nSPS) is 9.88. The number of amides is 1. The Hall–Kier alpha value is -2.43. The topological polar surface area (TPSA) is 80.9 Å². The zero-order valence-corrected chi connectivity index (χ0v) is 9.13. The number of hydrogen-bond donors (Lipinski definition) is 2. The number of hydrogen-bond acceptors (Lipinski definition) is 4. The van der Waals surface area contributed by atoms with Crippen LogP contribution in [0.15, 0.2) is 42.9 Å². The van der Waals surface area contributed by atoms with Gasteiger partial charge in [0.15, 0.2) is 5.69 Å². The van der Waals surface area contributed by atoms with Crippen LogP contribution < -0.4 is 11.1 Å². The van der Waals surface area contributed by atoms with Crippen molar-refractivity contribution < 1.29 is 4.79 Å². The van der Waals surface area contributed by atoms with Crippen molar-refractivity contribution in [3.8, 4) is 0 Å². The van der Waals surface area contributed by atoms with Crippen LogP contribution in [0.3, 0.4) is 0 Å². The molecule has 2 rings (SSSR count). The third-order valence-electron chi connectivity index (χ3n) is 2.23. The van der Waals surface area contributed by atoms with E-state index in [9.17, 15) is 4.79 Å². The highest BCUT2D eigenvalue weighted by Gasteiger charge is 2.09. The molecule has 0 bridgehead atoms. The van der Waals surface area contributed by atoms with Gasteiger partial charge in [0.05, 0.1) is 5.69 Å². The van der Waals surface area contributed by atoms with E-state index in [0.717, 1.165) is 5.56 Å². The Labute approximate surface area is 98.7 Å². The molecule has 3 N–H and O–H groups in total. The minimum atomic E-state index is -0.285. The van der Waals surface area contributed by atoms with Crippen molar-refractivity contribution in [1.82, 2.24) is 15.3 Å². The van der Waals surface area contributed by atoms with Crippen LogP contribution in [0.2, 0.25) is 0 Å². The number of nitrogen functional groups attached to an aromatic ring is 1. The van der Waals surface area contributed by atoms with Gasteiger partial charge in [0.25, 0.3) is 5.91 Å². The molecule has 86 valence electrons. The Morgan fingerprint density at radius 2 is 2.12 bits per heavy atom. The third kappa shape index (κ3) is 2.78. The standard InChI is InChI=1S/C12H12N4O/c13-10-4-2-6-15-11(10)12(17)16-8-9-3-1-5-14-7-9/h1-7H,8,13H2,(H,16,17). The van der Waals surface area contributed by atoms with E-state index in [0.29, 0.717) is 12.2 Å². The van der Waals surface area contributed by atoms with Crippen LogP contribution in [0.25, 0.3) is 0 Å². The molecule has 0 radical (unpaired) electrons. The summed E-state index contributed by atoms with van der Waals surface area (Å²) in [6.45, 7) is 0.405. The number of nitrogens with two attached hydrogens (primary N) is 1. The van der Waals surface area contributed by atoms with Gasteiger partial charge in [0.1, 0.15) is 0 Å². The highest BCUT2D eigenvalue weighted by molar-refractivity contribution is 5.96. The maximum atomic E-state index is 11.8. The summed E-state index contributed by atoms with van der Waals surface area (Å²) in [5.41, 5.74) is 7.20. The van der Waals surface area contributed by atoms with Gasteiger partial charge in [-0.3, -0.25) is 9.78 Å². The van der Waals surface area contributed by atoms with Crippen molar-refractivity contribution in [2.75, 3.05) is 5.73 Å². The smallest absolute Gasteiger partial charge is 0.272 e. The molecule has 2 heterocycles. The Morgan fingerprint density at radius 3 is 2.82 bits per heavy atom. The van der Waals surface area contributed by atoms with Gasteiger partial charge in [-0.15, -0.1) is 0 Å². The van der Waals surface area contributed by atoms with Crippen LogP contribution in [0.5, 0.6) is 0 Å². The van der Waals surface area contributed by atoms with Crippen LogP contribution in [0.1, 0.15) is 16.1 Å². The first-order chi connectivity index (χ1) is 8.27. The molecule has 5 heteroatoms. The summed E-state index contributed by atoms with van der Waals surface area (Å²) in [4.78, 5) is 19.7. The molecule has 0 spiro atoms. The van der Waals surface area contributed by atoms with Gasteiger partial charge in [-0.05, 0) is 23.8 Å². The molecule has 0 aliphatic heterocycles. The van der Waals surface area contributed by atoms with Gasteiger partial charge in [0.2, 0.25) is 0 Å². The van der Waals surface area contributed by atoms with E-state index in [2.05, 4.69) is 15.3 Å². The first-order valence-electron chi connectivity index (χ1n) is 5.15. The molecule has 17 heavy (non-hydrogen) atoms. The molecular formula is C12H12N4O. The van der Waals surface area contributed by atoms with Gasteiger partial charge in [-0.1, -0.05) is 6.07 Å². The summed E-state index contributed by atoms with van der Waals surface area (Å²) in [6.07, 6.45) is 4.92. The van der Waals surface area contributed by atoms with Crippen molar-refractivity contribution in [3.63, 3.8) is 0 Å². The zero-order valence-electron chi connectivity index (χ0n) is 9.13. The van der Waals surface area contributed by atoms with E-state index in [1.54, 1.807) is 24.5 Å². The number of anilines is 1. The van der Waals surface area contributed by atoms with Crippen molar-refractivity contribution in [2.45, 2.75) is 6.54 Å². The molecule has 5 nitrogen and oxygen atoms in total. The van der Waals surface area contributed by atoms with Crippen LogP contribution in [0.4, 0.5) is 5.69 Å². The summed E-state index contributed by atoms with van der Waals surface area (Å²) in [5, 5.41) is 2.73. The van der Waals surface area contributed by atoms with Gasteiger partial charge in [-0.2, -0.15) is 0 Å². The van der Waals surface area contributed by atoms with Gasteiger partial charge in [-0.25, -0.2) is 4.98 Å². The second-order valence-corrected chi connectivity index (χ2v) is 3.49. The third-order valence-corrected chi connectivity index (χ3v) is 2.23. The minimum absolute atomic E-state index is 0.247. The Bertz CT molecular complexity index is 513. The predicted molar refractivity (Wildman–Crippen MR) is 64.1 cm³/mol. The van der Waals surface area contributed by atoms with Crippen molar-refractivity contribution in [1.29, 1.82) is 0 Å². The monoisotopic (exact) mass is 228 g/mol. The quantitative estimate of drug-likeness (QED) is 0.820. The second-order valence-electron chi connectivity index (χ2n) is 3.49. The molecular weight excluding hydrogens is 216 g/mol. The fraction of sp³-hybridized carbons (Fsp3) is 0.0833. The van der Waals surface area contributed by atoms with Crippen molar-refractivity contribution in [3.05, 3.63) is 54.1 Å². The lowest BCUT2D eigenvalue weighted by Gasteiger charge is -2.05. The molecule has 0 aliphatic rings. The fourth-order valence-corrected chi connectivity index (χ4v) is 1.38. The largest absolute Gasteiger partial charge is 0.397 e. The average molecular weight is 228 g/mol. The maximum absolute atomic E-state index is 11.8. The van der Waals surface area contributed by atoms with E-state index in [4.69, 9.17) is 5.73 Å². The number of pyridine rings is 2. The molecule has 2 aromatic heterocycles. The highest BCUT2D eigenvalue weighted by atomic mass is 16.1. The summed E-state index contributed by atoms with van der Waals surface area (Å²) in [7, 11) is 0. The summed E-state index contributed by atoms with van der Waals surface area (Å²) in [6, 6.07) is 7.03. The molecule has 0 aliphatic carbocycles. The minimum Gasteiger partial charge on any atom is -0.397 e. The molecule has 2 aromatic rings. The lowest BCUT2D eigenvalue weighted by Crippen LogP contribution is -2.24. The number of nitrogens with zero attached hydrogens (tertiary/aromatic N) is 2. The Balaban J connectivity index is 2.01. The Kier molecular flexibility index (Phi) is 3.30. The summed E-state index contributed by atoms with van der Waals surface area (Å²) < 4.78 is 0. The summed E-state index contributed by atoms with van der Waals surface area (Å²) in [5.74, 6) is -0.285. The van der Waals surface area contributed by atoms with E-state index in [1.807, 2.05) is 12.1 Å². The SMILES string of the molecule is Nc1cccnc1C(=O)NCc1cccnc1. The number of nitrogens with one attached hydrogen (secondary N) is 1. The average Bonchev–Trinajstić information content (AvgIpc) is 2.38. The van der Waals surface area contributed by atoms with E-state index < -0.39 is 0 Å². The predicted octanol–water partition coefficient (Wildman–Crippen LogP) is 0.989. The van der Waals surface area contributed by atoms with E-state index in [-0.39, 0.29) is 11.6 Å². The number of rotatable bonds is 3. The Morgan fingerprint density at radius 1 is 1.29 bits per heavy atom. The summed E-state index contributed by atoms with van der Waals surface area (Å²) >= 11 is 0. The highest BCUT2D eigenvalue weighted by Crippen LogP contribution is 2.06. The van der Waals surface area contributed by atoms with Gasteiger partial charge in [0, 0.05) is 25.1 Å². The second kappa shape index (κ2) is 5.07.